The molecule has 2 unspecified atom stereocenters. The summed E-state index contributed by atoms with van der Waals surface area (Å²) in [5.74, 6) is 0.826. The molecule has 2 atom stereocenters. The van der Waals surface area contributed by atoms with Gasteiger partial charge in [-0.05, 0) is 29.8 Å². The molecule has 1 aliphatic rings. The van der Waals surface area contributed by atoms with Crippen molar-refractivity contribution in [2.24, 2.45) is 0 Å². The highest BCUT2D eigenvalue weighted by Crippen LogP contribution is 2.21. The van der Waals surface area contributed by atoms with Crippen molar-refractivity contribution in [3.8, 4) is 5.75 Å². The number of anilines is 1. The zero-order valence-electron chi connectivity index (χ0n) is 12.4. The van der Waals surface area contributed by atoms with E-state index in [-0.39, 0.29) is 18.2 Å². The quantitative estimate of drug-likeness (QED) is 0.810. The largest absolute Gasteiger partial charge is 0.497 e. The van der Waals surface area contributed by atoms with E-state index in [1.165, 1.54) is 0 Å². The number of benzene rings is 2. The van der Waals surface area contributed by atoms with Crippen LogP contribution < -0.4 is 20.7 Å². The summed E-state index contributed by atoms with van der Waals surface area (Å²) in [7, 11) is 1.63. The molecule has 5 heteroatoms. The van der Waals surface area contributed by atoms with Gasteiger partial charge in [0.15, 0.2) is 6.29 Å². The molecule has 22 heavy (non-hydrogen) atoms. The molecule has 5 nitrogen and oxygen atoms in total. The Labute approximate surface area is 129 Å². The molecule has 1 fully saturated rings. The van der Waals surface area contributed by atoms with Gasteiger partial charge in [-0.2, -0.15) is 0 Å². The zero-order valence-corrected chi connectivity index (χ0v) is 12.4. The maximum Gasteiger partial charge on any atom is 0.224 e. The number of carbonyl (C=O) groups is 1. The maximum atomic E-state index is 11.9. The lowest BCUT2D eigenvalue weighted by Gasteiger charge is -2.32. The van der Waals surface area contributed by atoms with Crippen LogP contribution in [0.1, 0.15) is 18.0 Å². The van der Waals surface area contributed by atoms with Crippen molar-refractivity contribution in [1.29, 1.82) is 0 Å². The minimum absolute atomic E-state index is 0.00528. The summed E-state index contributed by atoms with van der Waals surface area (Å²) in [6, 6.07) is 17.6. The van der Waals surface area contributed by atoms with Crippen LogP contribution in [0.3, 0.4) is 0 Å². The van der Waals surface area contributed by atoms with Crippen LogP contribution in [-0.2, 0) is 4.79 Å². The molecule has 1 heterocycles. The van der Waals surface area contributed by atoms with Gasteiger partial charge in [0.05, 0.1) is 7.11 Å². The average molecular weight is 297 g/mol. The fraction of sp³-hybridized carbons (Fsp3) is 0.235. The number of carbonyl (C=O) groups excluding carboxylic acids is 1. The summed E-state index contributed by atoms with van der Waals surface area (Å²) < 4.78 is 5.14. The summed E-state index contributed by atoms with van der Waals surface area (Å²) in [6.45, 7) is 0. The Morgan fingerprint density at radius 3 is 2.50 bits per heavy atom. The number of methoxy groups -OCH3 is 1. The second-order valence-electron chi connectivity index (χ2n) is 5.21. The van der Waals surface area contributed by atoms with E-state index in [2.05, 4.69) is 16.0 Å². The van der Waals surface area contributed by atoms with Crippen LogP contribution in [-0.4, -0.2) is 19.3 Å². The zero-order chi connectivity index (χ0) is 15.4. The molecule has 0 aromatic heterocycles. The molecule has 2 aromatic rings. The van der Waals surface area contributed by atoms with E-state index >= 15 is 0 Å². The predicted octanol–water partition coefficient (Wildman–Crippen LogP) is 2.24. The third-order valence-corrected chi connectivity index (χ3v) is 3.67. The van der Waals surface area contributed by atoms with Gasteiger partial charge in [-0.3, -0.25) is 10.1 Å². The number of ether oxygens (including phenoxy) is 1. The van der Waals surface area contributed by atoms with Crippen molar-refractivity contribution >= 4 is 11.6 Å². The topological polar surface area (TPSA) is 62.4 Å². The molecule has 0 radical (unpaired) electrons. The van der Waals surface area contributed by atoms with Crippen molar-refractivity contribution in [3.05, 3.63) is 60.2 Å². The third kappa shape index (κ3) is 3.38. The Kier molecular flexibility index (Phi) is 4.25. The molecule has 114 valence electrons. The van der Waals surface area contributed by atoms with E-state index in [0.717, 1.165) is 17.0 Å². The molecule has 0 bridgehead atoms. The lowest BCUT2D eigenvalue weighted by atomic mass is 10.0. The fourth-order valence-corrected chi connectivity index (χ4v) is 2.54. The summed E-state index contributed by atoms with van der Waals surface area (Å²) >= 11 is 0. The van der Waals surface area contributed by atoms with Crippen molar-refractivity contribution < 1.29 is 9.53 Å². The van der Waals surface area contributed by atoms with E-state index in [4.69, 9.17) is 4.74 Å². The van der Waals surface area contributed by atoms with Gasteiger partial charge in [0.1, 0.15) is 5.75 Å². The van der Waals surface area contributed by atoms with Crippen LogP contribution in [0, 0.1) is 0 Å². The van der Waals surface area contributed by atoms with Crippen molar-refractivity contribution in [1.82, 2.24) is 10.6 Å². The molecular weight excluding hydrogens is 278 g/mol. The highest BCUT2D eigenvalue weighted by atomic mass is 16.5. The Morgan fingerprint density at radius 1 is 1.09 bits per heavy atom. The fourth-order valence-electron chi connectivity index (χ4n) is 2.54. The monoisotopic (exact) mass is 297 g/mol. The molecule has 0 spiro atoms. The van der Waals surface area contributed by atoms with Gasteiger partial charge in [-0.15, -0.1) is 0 Å². The lowest BCUT2D eigenvalue weighted by Crippen LogP contribution is -2.56. The van der Waals surface area contributed by atoms with E-state index in [9.17, 15) is 4.79 Å². The third-order valence-electron chi connectivity index (χ3n) is 3.67. The molecule has 1 amide bonds. The van der Waals surface area contributed by atoms with Crippen LogP contribution in [0.15, 0.2) is 54.6 Å². The van der Waals surface area contributed by atoms with E-state index < -0.39 is 0 Å². The maximum absolute atomic E-state index is 11.9. The van der Waals surface area contributed by atoms with Crippen LogP contribution in [0.4, 0.5) is 5.69 Å². The Bertz CT molecular complexity index is 628. The second-order valence-corrected chi connectivity index (χ2v) is 5.21. The molecule has 2 aromatic carbocycles. The molecule has 1 saturated heterocycles. The molecule has 3 N–H and O–H groups in total. The average Bonchev–Trinajstić information content (AvgIpc) is 2.56. The first-order valence-electron chi connectivity index (χ1n) is 7.25. The standard InChI is InChI=1S/C17H19N3O2/c1-22-14-9-7-13(8-10-14)18-17-19-15(11-16(21)20-17)12-5-3-2-4-6-12/h2-10,15,17-19H,11H2,1H3,(H,20,21). The molecule has 1 aliphatic heterocycles. The normalized spacial score (nSPS) is 21.0. The molecule has 0 saturated carbocycles. The van der Waals surface area contributed by atoms with Crippen LogP contribution >= 0.6 is 0 Å². The van der Waals surface area contributed by atoms with Crippen molar-refractivity contribution in [2.75, 3.05) is 12.4 Å². The lowest BCUT2D eigenvalue weighted by molar-refractivity contribution is -0.124. The first-order chi connectivity index (χ1) is 10.7. The number of nitrogens with one attached hydrogen (secondary N) is 3. The Morgan fingerprint density at radius 2 is 1.82 bits per heavy atom. The molecular formula is C17H19N3O2. The van der Waals surface area contributed by atoms with Gasteiger partial charge in [0, 0.05) is 18.2 Å². The smallest absolute Gasteiger partial charge is 0.224 e. The van der Waals surface area contributed by atoms with Gasteiger partial charge < -0.3 is 15.4 Å². The minimum Gasteiger partial charge on any atom is -0.497 e. The minimum atomic E-state index is -0.306. The summed E-state index contributed by atoms with van der Waals surface area (Å²) in [6.07, 6.45) is 0.130. The second kappa shape index (κ2) is 6.49. The van der Waals surface area contributed by atoms with Gasteiger partial charge in [-0.1, -0.05) is 30.3 Å². The van der Waals surface area contributed by atoms with Crippen LogP contribution in [0.25, 0.3) is 0 Å². The number of hydrogen-bond donors (Lipinski definition) is 3. The number of hydrogen-bond acceptors (Lipinski definition) is 4. The molecule has 0 aliphatic carbocycles. The number of rotatable bonds is 4. The van der Waals surface area contributed by atoms with Gasteiger partial charge in [-0.25, -0.2) is 0 Å². The van der Waals surface area contributed by atoms with E-state index in [1.54, 1.807) is 7.11 Å². The molecule has 3 rings (SSSR count). The van der Waals surface area contributed by atoms with Gasteiger partial charge in [0.25, 0.3) is 0 Å². The predicted molar refractivity (Wildman–Crippen MR) is 85.5 cm³/mol. The summed E-state index contributed by atoms with van der Waals surface area (Å²) in [5.41, 5.74) is 2.02. The van der Waals surface area contributed by atoms with Crippen molar-refractivity contribution in [2.45, 2.75) is 18.8 Å². The highest BCUT2D eigenvalue weighted by Gasteiger charge is 2.26. The van der Waals surface area contributed by atoms with Crippen LogP contribution in [0.5, 0.6) is 5.75 Å². The Hall–Kier alpha value is -2.53. The number of amides is 1. The summed E-state index contributed by atoms with van der Waals surface area (Å²) in [4.78, 5) is 11.9. The van der Waals surface area contributed by atoms with E-state index in [1.807, 2.05) is 54.6 Å². The van der Waals surface area contributed by atoms with Crippen molar-refractivity contribution in [3.63, 3.8) is 0 Å². The van der Waals surface area contributed by atoms with Gasteiger partial charge in [0.2, 0.25) is 5.91 Å². The van der Waals surface area contributed by atoms with Gasteiger partial charge >= 0.3 is 0 Å². The Balaban J connectivity index is 1.69. The first-order valence-corrected chi connectivity index (χ1v) is 7.25. The SMILES string of the molecule is COc1ccc(NC2NC(=O)CC(c3ccccc3)N2)cc1. The highest BCUT2D eigenvalue weighted by molar-refractivity contribution is 5.78. The summed E-state index contributed by atoms with van der Waals surface area (Å²) in [5, 5.41) is 9.57. The van der Waals surface area contributed by atoms with E-state index in [0.29, 0.717) is 6.42 Å². The first kappa shape index (κ1) is 14.4. The van der Waals surface area contributed by atoms with Crippen LogP contribution in [0.2, 0.25) is 0 Å².